The van der Waals surface area contributed by atoms with Crippen LogP contribution >= 0.6 is 23.4 Å². The second kappa shape index (κ2) is 8.97. The van der Waals surface area contributed by atoms with Gasteiger partial charge >= 0.3 is 0 Å². The zero-order valence-electron chi connectivity index (χ0n) is 16.9. The van der Waals surface area contributed by atoms with Crippen molar-refractivity contribution in [3.05, 3.63) is 80.1 Å². The number of hydrogen-bond acceptors (Lipinski definition) is 6. The fourth-order valence-electron chi connectivity index (χ4n) is 3.31. The number of nitrogens with zero attached hydrogens (tertiary/aromatic N) is 3. The summed E-state index contributed by atoms with van der Waals surface area (Å²) in [5.41, 5.74) is 0.514. The molecule has 0 aliphatic heterocycles. The maximum Gasteiger partial charge on any atom is 0.271 e. The van der Waals surface area contributed by atoms with Gasteiger partial charge in [-0.1, -0.05) is 47.6 Å². The number of aromatic nitrogens is 2. The van der Waals surface area contributed by atoms with Crippen LogP contribution in [0, 0.1) is 10.1 Å². The van der Waals surface area contributed by atoms with Crippen molar-refractivity contribution in [3.8, 4) is 0 Å². The Kier molecular flexibility index (Phi) is 6.11. The second-order valence-corrected chi connectivity index (χ2v) is 8.27. The third kappa shape index (κ3) is 4.30. The molecule has 0 radical (unpaired) electrons. The van der Waals surface area contributed by atoms with Gasteiger partial charge in [-0.25, -0.2) is 4.98 Å². The Labute approximate surface area is 191 Å². The summed E-state index contributed by atoms with van der Waals surface area (Å²) in [5, 5.41) is 16.4. The molecule has 0 atom stereocenters. The highest BCUT2D eigenvalue weighted by molar-refractivity contribution is 7.99. The van der Waals surface area contributed by atoms with Gasteiger partial charge in [-0.15, -0.1) is 0 Å². The Morgan fingerprint density at radius 1 is 1.19 bits per heavy atom. The van der Waals surface area contributed by atoms with Gasteiger partial charge in [-0.2, -0.15) is 0 Å². The van der Waals surface area contributed by atoms with Crippen LogP contribution < -0.4 is 10.9 Å². The average Bonchev–Trinajstić information content (AvgIpc) is 2.78. The molecule has 0 fully saturated rings. The van der Waals surface area contributed by atoms with Crippen LogP contribution in [0.5, 0.6) is 0 Å². The molecule has 1 heterocycles. The number of hydrogen-bond donors (Lipinski definition) is 1. The van der Waals surface area contributed by atoms with Crippen molar-refractivity contribution >= 4 is 62.3 Å². The van der Waals surface area contributed by atoms with Crippen molar-refractivity contribution in [1.29, 1.82) is 0 Å². The van der Waals surface area contributed by atoms with E-state index < -0.39 is 4.92 Å². The molecule has 4 aromatic rings. The molecule has 8 nitrogen and oxygen atoms in total. The first-order valence-electron chi connectivity index (χ1n) is 9.67. The van der Waals surface area contributed by atoms with Gasteiger partial charge in [0.25, 0.3) is 11.2 Å². The number of nitrogens with one attached hydrogen (secondary N) is 1. The van der Waals surface area contributed by atoms with Crippen LogP contribution in [0.4, 0.5) is 11.4 Å². The Balaban J connectivity index is 1.58. The lowest BCUT2D eigenvalue weighted by molar-refractivity contribution is -0.384. The summed E-state index contributed by atoms with van der Waals surface area (Å²) >= 11 is 7.17. The van der Waals surface area contributed by atoms with E-state index in [0.29, 0.717) is 22.6 Å². The topological polar surface area (TPSA) is 107 Å². The SMILES string of the molecule is CCn1c(SCC(=O)Nc2ccc([N+](=O)[O-])cc2Cl)nc2cc3ccccc3cc2c1=O. The van der Waals surface area contributed by atoms with E-state index in [4.69, 9.17) is 11.6 Å². The minimum Gasteiger partial charge on any atom is -0.324 e. The zero-order chi connectivity index (χ0) is 22.8. The van der Waals surface area contributed by atoms with Crippen molar-refractivity contribution in [2.24, 2.45) is 0 Å². The van der Waals surface area contributed by atoms with Crippen LogP contribution in [0.1, 0.15) is 6.92 Å². The van der Waals surface area contributed by atoms with Gasteiger partial charge in [-0.3, -0.25) is 24.3 Å². The van der Waals surface area contributed by atoms with Crippen molar-refractivity contribution in [3.63, 3.8) is 0 Å². The molecule has 0 spiro atoms. The van der Waals surface area contributed by atoms with Gasteiger partial charge < -0.3 is 5.32 Å². The molecule has 0 aliphatic carbocycles. The van der Waals surface area contributed by atoms with Crippen LogP contribution in [0.15, 0.2) is 64.5 Å². The quantitative estimate of drug-likeness (QED) is 0.142. The number of non-ortho nitro benzene ring substituents is 1. The number of nitro benzene ring substituents is 1. The number of benzene rings is 3. The zero-order valence-corrected chi connectivity index (χ0v) is 18.4. The van der Waals surface area contributed by atoms with Gasteiger partial charge in [0, 0.05) is 18.7 Å². The molecule has 1 amide bonds. The Morgan fingerprint density at radius 3 is 2.56 bits per heavy atom. The maximum absolute atomic E-state index is 13.0. The lowest BCUT2D eigenvalue weighted by atomic mass is 10.1. The van der Waals surface area contributed by atoms with E-state index in [2.05, 4.69) is 10.3 Å². The fraction of sp³-hybridized carbons (Fsp3) is 0.136. The molecule has 10 heteroatoms. The third-order valence-electron chi connectivity index (χ3n) is 4.87. The van der Waals surface area contributed by atoms with E-state index in [0.717, 1.165) is 22.5 Å². The summed E-state index contributed by atoms with van der Waals surface area (Å²) in [6, 6.07) is 15.3. The van der Waals surface area contributed by atoms with Gasteiger partial charge in [0.1, 0.15) is 0 Å². The van der Waals surface area contributed by atoms with Crippen molar-refractivity contribution < 1.29 is 9.72 Å². The first-order chi connectivity index (χ1) is 15.4. The summed E-state index contributed by atoms with van der Waals surface area (Å²) in [6.07, 6.45) is 0. The summed E-state index contributed by atoms with van der Waals surface area (Å²) < 4.78 is 1.54. The highest BCUT2D eigenvalue weighted by Crippen LogP contribution is 2.27. The number of nitro groups is 1. The first kappa shape index (κ1) is 21.8. The number of fused-ring (bicyclic) bond motifs is 2. The van der Waals surface area contributed by atoms with E-state index in [1.807, 2.05) is 43.3 Å². The highest BCUT2D eigenvalue weighted by Gasteiger charge is 2.15. The standard InChI is InChI=1S/C22H17ClN4O4S/c1-2-26-21(29)16-9-13-5-3-4-6-14(13)10-19(16)25-22(26)32-12-20(28)24-18-8-7-15(27(30)31)11-17(18)23/h3-11H,2,12H2,1H3,(H,24,28). The molecule has 0 saturated carbocycles. The van der Waals surface area contributed by atoms with Gasteiger partial charge in [0.05, 0.1) is 32.3 Å². The molecule has 32 heavy (non-hydrogen) atoms. The largest absolute Gasteiger partial charge is 0.324 e. The van der Waals surface area contributed by atoms with Crippen LogP contribution in [0.25, 0.3) is 21.7 Å². The normalized spacial score (nSPS) is 11.1. The van der Waals surface area contributed by atoms with Gasteiger partial charge in [-0.05, 0) is 35.9 Å². The number of anilines is 1. The number of carbonyl (C=O) groups is 1. The second-order valence-electron chi connectivity index (χ2n) is 6.92. The lowest BCUT2D eigenvalue weighted by Crippen LogP contribution is -2.23. The van der Waals surface area contributed by atoms with Crippen LogP contribution in [0.3, 0.4) is 0 Å². The number of amides is 1. The highest BCUT2D eigenvalue weighted by atomic mass is 35.5. The maximum atomic E-state index is 13.0. The van der Waals surface area contributed by atoms with Crippen LogP contribution in [-0.2, 0) is 11.3 Å². The lowest BCUT2D eigenvalue weighted by Gasteiger charge is -2.12. The van der Waals surface area contributed by atoms with Crippen molar-refractivity contribution in [2.75, 3.05) is 11.1 Å². The predicted octanol–water partition coefficient (Wildman–Crippen LogP) is 4.86. The van der Waals surface area contributed by atoms with Gasteiger partial charge in [0.2, 0.25) is 5.91 Å². The number of carbonyl (C=O) groups excluding carboxylic acids is 1. The Morgan fingerprint density at radius 2 is 1.91 bits per heavy atom. The van der Waals surface area contributed by atoms with Gasteiger partial charge in [0.15, 0.2) is 5.16 Å². The molecule has 162 valence electrons. The minimum atomic E-state index is -0.564. The van der Waals surface area contributed by atoms with E-state index in [1.165, 1.54) is 22.8 Å². The summed E-state index contributed by atoms with van der Waals surface area (Å²) in [7, 11) is 0. The average molecular weight is 469 g/mol. The summed E-state index contributed by atoms with van der Waals surface area (Å²) in [4.78, 5) is 40.4. The van der Waals surface area contributed by atoms with Crippen LogP contribution in [-0.4, -0.2) is 26.1 Å². The molecule has 0 unspecified atom stereocenters. The minimum absolute atomic E-state index is 0.0150. The van der Waals surface area contributed by atoms with Crippen molar-refractivity contribution in [2.45, 2.75) is 18.6 Å². The van der Waals surface area contributed by atoms with E-state index >= 15 is 0 Å². The monoisotopic (exact) mass is 468 g/mol. The smallest absolute Gasteiger partial charge is 0.271 e. The molecular formula is C22H17ClN4O4S. The third-order valence-corrected chi connectivity index (χ3v) is 6.16. The molecule has 0 aliphatic rings. The molecular weight excluding hydrogens is 452 g/mol. The Bertz CT molecular complexity index is 1440. The van der Waals surface area contributed by atoms with E-state index in [1.54, 1.807) is 0 Å². The van der Waals surface area contributed by atoms with E-state index in [-0.39, 0.29) is 33.6 Å². The summed E-state index contributed by atoms with van der Waals surface area (Å²) in [6.45, 7) is 2.25. The number of halogens is 1. The fourth-order valence-corrected chi connectivity index (χ4v) is 4.40. The Hall–Kier alpha value is -3.43. The molecule has 3 aromatic carbocycles. The van der Waals surface area contributed by atoms with Crippen LogP contribution in [0.2, 0.25) is 5.02 Å². The molecule has 4 rings (SSSR count). The summed E-state index contributed by atoms with van der Waals surface area (Å²) in [5.74, 6) is -0.389. The molecule has 0 bridgehead atoms. The molecule has 1 aromatic heterocycles. The van der Waals surface area contributed by atoms with Crippen molar-refractivity contribution in [1.82, 2.24) is 9.55 Å². The number of thioether (sulfide) groups is 1. The van der Waals surface area contributed by atoms with E-state index in [9.17, 15) is 19.7 Å². The molecule has 0 saturated heterocycles. The predicted molar refractivity (Wildman–Crippen MR) is 127 cm³/mol. The number of rotatable bonds is 6. The first-order valence-corrected chi connectivity index (χ1v) is 11.0. The molecule has 1 N–H and O–H groups in total.